The van der Waals surface area contributed by atoms with E-state index in [1.165, 1.54) is 25.3 Å². The molecule has 6 heteroatoms. The number of carbonyl (C=O) groups excluding carboxylic acids is 2. The van der Waals surface area contributed by atoms with Gasteiger partial charge in [0.25, 0.3) is 5.91 Å². The van der Waals surface area contributed by atoms with Gasteiger partial charge in [-0.2, -0.15) is 0 Å². The molecule has 0 fully saturated rings. The Morgan fingerprint density at radius 1 is 1.17 bits per heavy atom. The number of carbonyl (C=O) groups is 2. The van der Waals surface area contributed by atoms with Crippen molar-refractivity contribution in [2.45, 2.75) is 6.92 Å². The van der Waals surface area contributed by atoms with Crippen LogP contribution in [0.3, 0.4) is 0 Å². The minimum atomic E-state index is -0.894. The third kappa shape index (κ3) is 4.29. The number of methoxy groups -OCH3 is 1. The lowest BCUT2D eigenvalue weighted by Gasteiger charge is -2.11. The Bertz CT molecular complexity index is 730. The molecule has 5 nitrogen and oxygen atoms in total. The van der Waals surface area contributed by atoms with E-state index >= 15 is 0 Å². The molecule has 0 spiro atoms. The molecule has 0 bridgehead atoms. The van der Waals surface area contributed by atoms with E-state index in [0.29, 0.717) is 11.4 Å². The molecule has 2 rings (SSSR count). The van der Waals surface area contributed by atoms with Crippen LogP contribution >= 0.6 is 0 Å². The number of ether oxygens (including phenoxy) is 2. The maximum Gasteiger partial charge on any atom is 0.341 e. The second kappa shape index (κ2) is 7.40. The molecule has 1 amide bonds. The lowest BCUT2D eigenvalue weighted by Crippen LogP contribution is -2.21. The Hall–Kier alpha value is -2.89. The predicted molar refractivity (Wildman–Crippen MR) is 83.0 cm³/mol. The molecule has 0 aromatic heterocycles. The van der Waals surface area contributed by atoms with Crippen LogP contribution < -0.4 is 10.1 Å². The number of hydrogen-bond donors (Lipinski definition) is 1. The summed E-state index contributed by atoms with van der Waals surface area (Å²) < 4.78 is 23.4. The fourth-order valence-corrected chi connectivity index (χ4v) is 1.94. The molecule has 120 valence electrons. The minimum absolute atomic E-state index is 0.214. The Morgan fingerprint density at radius 2 is 1.91 bits per heavy atom. The molecule has 0 unspecified atom stereocenters. The van der Waals surface area contributed by atoms with Crippen molar-refractivity contribution in [3.05, 3.63) is 59.4 Å². The van der Waals surface area contributed by atoms with E-state index < -0.39 is 24.3 Å². The Morgan fingerprint density at radius 3 is 2.61 bits per heavy atom. The summed E-state index contributed by atoms with van der Waals surface area (Å²) in [5, 5.41) is 2.59. The van der Waals surface area contributed by atoms with Crippen molar-refractivity contribution in [3.8, 4) is 5.75 Å². The quantitative estimate of drug-likeness (QED) is 0.861. The molecule has 23 heavy (non-hydrogen) atoms. The lowest BCUT2D eigenvalue weighted by molar-refractivity contribution is -0.119. The van der Waals surface area contributed by atoms with Crippen molar-refractivity contribution >= 4 is 17.6 Å². The second-order valence-corrected chi connectivity index (χ2v) is 4.81. The number of esters is 1. The number of nitrogens with one attached hydrogen (secondary N) is 1. The summed E-state index contributed by atoms with van der Waals surface area (Å²) in [6, 6.07) is 10.7. The fourth-order valence-electron chi connectivity index (χ4n) is 1.94. The summed E-state index contributed by atoms with van der Waals surface area (Å²) in [4.78, 5) is 23.6. The molecule has 0 saturated heterocycles. The zero-order valence-corrected chi connectivity index (χ0v) is 12.8. The molecule has 0 radical (unpaired) electrons. The molecule has 0 aliphatic carbocycles. The van der Waals surface area contributed by atoms with Gasteiger partial charge in [-0.3, -0.25) is 4.79 Å². The molecule has 0 saturated carbocycles. The van der Waals surface area contributed by atoms with E-state index in [9.17, 15) is 14.0 Å². The van der Waals surface area contributed by atoms with Gasteiger partial charge in [0.15, 0.2) is 6.61 Å². The van der Waals surface area contributed by atoms with E-state index in [1.54, 1.807) is 12.1 Å². The highest BCUT2D eigenvalue weighted by atomic mass is 19.1. The summed E-state index contributed by atoms with van der Waals surface area (Å²) in [6.45, 7) is 1.34. The van der Waals surface area contributed by atoms with Gasteiger partial charge in [0, 0.05) is 0 Å². The number of aryl methyl sites for hydroxylation is 1. The SMILES string of the molecule is COc1ccc(C)cc1NC(=O)COC(=O)c1ccccc1F. The summed E-state index contributed by atoms with van der Waals surface area (Å²) in [6.07, 6.45) is 0. The molecule has 0 aliphatic heterocycles. The van der Waals surface area contributed by atoms with E-state index in [4.69, 9.17) is 9.47 Å². The minimum Gasteiger partial charge on any atom is -0.495 e. The van der Waals surface area contributed by atoms with Crippen LogP contribution in [-0.4, -0.2) is 25.6 Å². The number of halogens is 1. The number of benzene rings is 2. The predicted octanol–water partition coefficient (Wildman–Crippen LogP) is 2.94. The standard InChI is InChI=1S/C17H16FNO4/c1-11-7-8-15(22-2)14(9-11)19-16(20)10-23-17(21)12-5-3-4-6-13(12)18/h3-9H,10H2,1-2H3,(H,19,20). The summed E-state index contributed by atoms with van der Waals surface area (Å²) in [5.74, 6) is -1.64. The van der Waals surface area contributed by atoms with E-state index in [-0.39, 0.29) is 5.56 Å². The normalized spacial score (nSPS) is 10.0. The van der Waals surface area contributed by atoms with Crippen LogP contribution in [0.4, 0.5) is 10.1 Å². The van der Waals surface area contributed by atoms with Crippen LogP contribution in [0.25, 0.3) is 0 Å². The number of hydrogen-bond acceptors (Lipinski definition) is 4. The zero-order valence-electron chi connectivity index (χ0n) is 12.8. The van der Waals surface area contributed by atoms with E-state index in [1.807, 2.05) is 13.0 Å². The summed E-state index contributed by atoms with van der Waals surface area (Å²) >= 11 is 0. The molecule has 0 heterocycles. The molecule has 0 atom stereocenters. The van der Waals surface area contributed by atoms with Crippen LogP contribution in [-0.2, 0) is 9.53 Å². The molecular formula is C17H16FNO4. The van der Waals surface area contributed by atoms with Gasteiger partial charge < -0.3 is 14.8 Å². The van der Waals surface area contributed by atoms with Crippen molar-refractivity contribution in [1.82, 2.24) is 0 Å². The Balaban J connectivity index is 1.97. The van der Waals surface area contributed by atoms with E-state index in [0.717, 1.165) is 11.6 Å². The van der Waals surface area contributed by atoms with Crippen LogP contribution in [0.5, 0.6) is 5.75 Å². The molecular weight excluding hydrogens is 301 g/mol. The highest BCUT2D eigenvalue weighted by Crippen LogP contribution is 2.25. The molecule has 1 N–H and O–H groups in total. The fraction of sp³-hybridized carbons (Fsp3) is 0.176. The van der Waals surface area contributed by atoms with Gasteiger partial charge in [0.1, 0.15) is 11.6 Å². The maximum atomic E-state index is 13.4. The first kappa shape index (κ1) is 16.5. The van der Waals surface area contributed by atoms with Crippen LogP contribution in [0.2, 0.25) is 0 Å². The van der Waals surface area contributed by atoms with Gasteiger partial charge in [-0.15, -0.1) is 0 Å². The summed E-state index contributed by atoms with van der Waals surface area (Å²) in [5.41, 5.74) is 1.19. The van der Waals surface area contributed by atoms with Gasteiger partial charge in [-0.25, -0.2) is 9.18 Å². The van der Waals surface area contributed by atoms with Crippen LogP contribution in [0, 0.1) is 12.7 Å². The third-order valence-corrected chi connectivity index (χ3v) is 3.06. The molecule has 2 aromatic carbocycles. The monoisotopic (exact) mass is 317 g/mol. The van der Waals surface area contributed by atoms with Gasteiger partial charge in [-0.05, 0) is 36.8 Å². The maximum absolute atomic E-state index is 13.4. The van der Waals surface area contributed by atoms with Crippen molar-refractivity contribution in [2.24, 2.45) is 0 Å². The zero-order chi connectivity index (χ0) is 16.8. The Kier molecular flexibility index (Phi) is 5.30. The average molecular weight is 317 g/mol. The van der Waals surface area contributed by atoms with Crippen LogP contribution in [0.1, 0.15) is 15.9 Å². The summed E-state index contributed by atoms with van der Waals surface area (Å²) in [7, 11) is 1.48. The Labute approximate surface area is 133 Å². The first-order valence-electron chi connectivity index (χ1n) is 6.87. The van der Waals surface area contributed by atoms with Gasteiger partial charge in [0.05, 0.1) is 18.4 Å². The highest BCUT2D eigenvalue weighted by Gasteiger charge is 2.15. The molecule has 0 aliphatic rings. The smallest absolute Gasteiger partial charge is 0.341 e. The van der Waals surface area contributed by atoms with Crippen LogP contribution in [0.15, 0.2) is 42.5 Å². The van der Waals surface area contributed by atoms with Crippen molar-refractivity contribution in [2.75, 3.05) is 19.0 Å². The number of rotatable bonds is 5. The van der Waals surface area contributed by atoms with Gasteiger partial charge in [-0.1, -0.05) is 18.2 Å². The van der Waals surface area contributed by atoms with Crippen molar-refractivity contribution in [1.29, 1.82) is 0 Å². The lowest BCUT2D eigenvalue weighted by atomic mass is 10.2. The first-order chi connectivity index (χ1) is 11.0. The topological polar surface area (TPSA) is 64.6 Å². The molecule has 2 aromatic rings. The number of anilines is 1. The van der Waals surface area contributed by atoms with Gasteiger partial charge in [0.2, 0.25) is 0 Å². The average Bonchev–Trinajstić information content (AvgIpc) is 2.53. The van der Waals surface area contributed by atoms with E-state index in [2.05, 4.69) is 5.32 Å². The first-order valence-corrected chi connectivity index (χ1v) is 6.87. The number of amides is 1. The second-order valence-electron chi connectivity index (χ2n) is 4.81. The largest absolute Gasteiger partial charge is 0.495 e. The highest BCUT2D eigenvalue weighted by molar-refractivity contribution is 5.96. The van der Waals surface area contributed by atoms with Crippen molar-refractivity contribution < 1.29 is 23.5 Å². The third-order valence-electron chi connectivity index (χ3n) is 3.06. The van der Waals surface area contributed by atoms with Crippen molar-refractivity contribution in [3.63, 3.8) is 0 Å². The van der Waals surface area contributed by atoms with Gasteiger partial charge >= 0.3 is 5.97 Å².